The van der Waals surface area contributed by atoms with Crippen molar-refractivity contribution in [3.63, 3.8) is 0 Å². The molecule has 1 aliphatic heterocycles. The molecule has 1 saturated heterocycles. The first-order valence-corrected chi connectivity index (χ1v) is 16.9. The molecular weight excluding hydrogens is 583 g/mol. The molecule has 0 aromatic heterocycles. The number of carbonyl (C=O) groups is 2. The fourth-order valence-corrected chi connectivity index (χ4v) is 8.93. The molecule has 1 heterocycles. The Hall–Kier alpha value is -2.13. The van der Waals surface area contributed by atoms with Crippen molar-refractivity contribution in [1.29, 1.82) is 0 Å². The van der Waals surface area contributed by atoms with Gasteiger partial charge in [-0.2, -0.15) is 0 Å². The van der Waals surface area contributed by atoms with Crippen LogP contribution >= 0.6 is 23.2 Å². The van der Waals surface area contributed by atoms with Gasteiger partial charge in [-0.1, -0.05) is 67.2 Å². The largest absolute Gasteiger partial charge is 0.481 e. The van der Waals surface area contributed by atoms with Crippen molar-refractivity contribution < 1.29 is 23.1 Å². The summed E-state index contributed by atoms with van der Waals surface area (Å²) >= 11 is 12.7. The summed E-state index contributed by atoms with van der Waals surface area (Å²) in [7, 11) is -3.55. The number of rotatable bonds is 11. The Morgan fingerprint density at radius 2 is 1.73 bits per heavy atom. The van der Waals surface area contributed by atoms with Crippen LogP contribution in [-0.2, 0) is 19.6 Å². The number of hydrogen-bond acceptors (Lipinski definition) is 4. The number of aliphatic carboxylic acids is 1. The van der Waals surface area contributed by atoms with E-state index in [4.69, 9.17) is 23.2 Å². The number of nitrogens with one attached hydrogen (secondary N) is 1. The maximum absolute atomic E-state index is 14.7. The second kappa shape index (κ2) is 12.2. The first kappa shape index (κ1) is 30.3. The number of piperidine rings is 1. The highest BCUT2D eigenvalue weighted by Crippen LogP contribution is 2.55. The van der Waals surface area contributed by atoms with E-state index >= 15 is 0 Å². The normalized spacial score (nSPS) is 26.3. The summed E-state index contributed by atoms with van der Waals surface area (Å²) in [6.45, 7) is 1.97. The first-order valence-electron chi connectivity index (χ1n) is 14.6. The highest BCUT2D eigenvalue weighted by Gasteiger charge is 2.55. The van der Waals surface area contributed by atoms with Gasteiger partial charge < -0.3 is 10.0 Å². The molecule has 2 aromatic carbocycles. The molecule has 41 heavy (non-hydrogen) atoms. The van der Waals surface area contributed by atoms with E-state index in [1.165, 1.54) is 0 Å². The highest BCUT2D eigenvalue weighted by atomic mass is 35.5. The van der Waals surface area contributed by atoms with E-state index in [0.29, 0.717) is 35.7 Å². The Labute approximate surface area is 252 Å². The number of carboxylic acids is 1. The van der Waals surface area contributed by atoms with Crippen LogP contribution in [0.3, 0.4) is 0 Å². The van der Waals surface area contributed by atoms with Crippen molar-refractivity contribution >= 4 is 45.1 Å². The summed E-state index contributed by atoms with van der Waals surface area (Å²) in [5.74, 6) is -1.39. The molecule has 3 fully saturated rings. The van der Waals surface area contributed by atoms with Gasteiger partial charge in [0, 0.05) is 28.5 Å². The summed E-state index contributed by atoms with van der Waals surface area (Å²) in [6, 6.07) is 14.1. The van der Waals surface area contributed by atoms with Gasteiger partial charge in [0.25, 0.3) is 0 Å². The number of sulfonamides is 1. The van der Waals surface area contributed by atoms with Crippen LogP contribution in [0.15, 0.2) is 48.5 Å². The zero-order valence-electron chi connectivity index (χ0n) is 23.3. The molecule has 222 valence electrons. The van der Waals surface area contributed by atoms with E-state index in [1.54, 1.807) is 18.2 Å². The van der Waals surface area contributed by atoms with Crippen LogP contribution in [-0.4, -0.2) is 48.1 Å². The second-order valence-corrected chi connectivity index (χ2v) is 14.9. The molecule has 0 bridgehead atoms. The molecule has 1 unspecified atom stereocenters. The van der Waals surface area contributed by atoms with Gasteiger partial charge in [0.15, 0.2) is 0 Å². The molecule has 2 aromatic rings. The van der Waals surface area contributed by atoms with E-state index in [-0.39, 0.29) is 30.7 Å². The molecular formula is C31H38Cl2N2O5S. The zero-order valence-corrected chi connectivity index (χ0v) is 25.6. The monoisotopic (exact) mass is 620 g/mol. The Balaban J connectivity index is 1.63. The number of carboxylic acid groups (broad SMARTS) is 1. The standard InChI is InChI=1S/C31H38Cl2N2O5S/c1-2-31(18-28(36)37)17-26(22-6-5-7-24(33)16-22)29(21-12-14-23(32)15-13-21)35(30(31)38)27(20-10-11-20)19-34-41(39,40)25-8-3-4-9-25/h5-7,12-16,20,25-27,29,34H,2-4,8-11,17-19H2,1H3,(H,36,37)/t26-,27?,29-,31-/m1/s1. The number of likely N-dealkylation sites (tertiary alicyclic amines) is 1. The van der Waals surface area contributed by atoms with Gasteiger partial charge in [-0.3, -0.25) is 9.59 Å². The highest BCUT2D eigenvalue weighted by molar-refractivity contribution is 7.90. The minimum absolute atomic E-state index is 0.106. The smallest absolute Gasteiger partial charge is 0.304 e. The Morgan fingerprint density at radius 3 is 2.32 bits per heavy atom. The maximum atomic E-state index is 14.7. The van der Waals surface area contributed by atoms with Gasteiger partial charge in [-0.05, 0) is 79.8 Å². The summed E-state index contributed by atoms with van der Waals surface area (Å²) in [5.41, 5.74) is 0.649. The van der Waals surface area contributed by atoms with Crippen molar-refractivity contribution in [3.8, 4) is 0 Å². The molecule has 2 aliphatic carbocycles. The summed E-state index contributed by atoms with van der Waals surface area (Å²) in [6.07, 6.45) is 5.25. The number of carbonyl (C=O) groups excluding carboxylic acids is 1. The lowest BCUT2D eigenvalue weighted by Crippen LogP contribution is -2.59. The van der Waals surface area contributed by atoms with Gasteiger partial charge >= 0.3 is 5.97 Å². The van der Waals surface area contributed by atoms with E-state index in [2.05, 4.69) is 4.72 Å². The van der Waals surface area contributed by atoms with Crippen molar-refractivity contribution in [2.45, 2.75) is 88.0 Å². The van der Waals surface area contributed by atoms with Crippen LogP contribution in [0.1, 0.15) is 87.8 Å². The van der Waals surface area contributed by atoms with Crippen LogP contribution in [0.2, 0.25) is 10.0 Å². The summed E-state index contributed by atoms with van der Waals surface area (Å²) in [5, 5.41) is 10.7. The number of benzene rings is 2. The fourth-order valence-electron chi connectivity index (χ4n) is 7.01. The lowest BCUT2D eigenvalue weighted by molar-refractivity contribution is -0.162. The van der Waals surface area contributed by atoms with E-state index in [1.807, 2.05) is 42.2 Å². The van der Waals surface area contributed by atoms with E-state index in [0.717, 1.165) is 36.8 Å². The SMILES string of the molecule is CC[C@]1(CC(=O)O)C[C@H](c2cccc(Cl)c2)[C@@H](c2ccc(Cl)cc2)N(C(CNS(=O)(=O)C2CCCC2)C2CC2)C1=O. The van der Waals surface area contributed by atoms with Crippen LogP contribution in [0.4, 0.5) is 0 Å². The average molecular weight is 622 g/mol. The Bertz CT molecular complexity index is 1380. The quantitative estimate of drug-likeness (QED) is 0.296. The van der Waals surface area contributed by atoms with Gasteiger partial charge in [-0.15, -0.1) is 0 Å². The van der Waals surface area contributed by atoms with Crippen LogP contribution < -0.4 is 4.72 Å². The number of halogens is 2. The van der Waals surface area contributed by atoms with E-state index < -0.39 is 38.7 Å². The lowest BCUT2D eigenvalue weighted by atomic mass is 9.64. The molecule has 4 atom stereocenters. The third kappa shape index (κ3) is 6.46. The molecule has 3 aliphatic rings. The molecule has 5 rings (SSSR count). The third-order valence-electron chi connectivity index (χ3n) is 9.39. The van der Waals surface area contributed by atoms with Gasteiger partial charge in [0.05, 0.1) is 23.1 Å². The predicted octanol–water partition coefficient (Wildman–Crippen LogP) is 6.56. The number of nitrogens with zero attached hydrogens (tertiary/aromatic N) is 1. The van der Waals surface area contributed by atoms with Gasteiger partial charge in [0.1, 0.15) is 0 Å². The van der Waals surface area contributed by atoms with E-state index in [9.17, 15) is 23.1 Å². The topological polar surface area (TPSA) is 104 Å². The molecule has 0 radical (unpaired) electrons. The number of hydrogen-bond donors (Lipinski definition) is 2. The molecule has 10 heteroatoms. The summed E-state index contributed by atoms with van der Waals surface area (Å²) < 4.78 is 29.4. The van der Waals surface area contributed by atoms with Gasteiger partial charge in [-0.25, -0.2) is 13.1 Å². The van der Waals surface area contributed by atoms with Crippen molar-refractivity contribution in [3.05, 3.63) is 69.7 Å². The minimum atomic E-state index is -3.55. The molecule has 2 N–H and O–H groups in total. The van der Waals surface area contributed by atoms with Gasteiger partial charge in [0.2, 0.25) is 15.9 Å². The van der Waals surface area contributed by atoms with Crippen molar-refractivity contribution in [1.82, 2.24) is 9.62 Å². The van der Waals surface area contributed by atoms with Crippen LogP contribution in [0, 0.1) is 11.3 Å². The first-order chi connectivity index (χ1) is 19.5. The Kier molecular flexibility index (Phi) is 9.05. The summed E-state index contributed by atoms with van der Waals surface area (Å²) in [4.78, 5) is 28.7. The zero-order chi connectivity index (χ0) is 29.4. The molecule has 7 nitrogen and oxygen atoms in total. The van der Waals surface area contributed by atoms with Crippen LogP contribution in [0.25, 0.3) is 0 Å². The molecule has 1 amide bonds. The van der Waals surface area contributed by atoms with Crippen molar-refractivity contribution in [2.75, 3.05) is 6.54 Å². The fraction of sp³-hybridized carbons (Fsp3) is 0.548. The second-order valence-electron chi connectivity index (χ2n) is 12.0. The van der Waals surface area contributed by atoms with Crippen molar-refractivity contribution in [2.24, 2.45) is 11.3 Å². The lowest BCUT2D eigenvalue weighted by Gasteiger charge is -2.53. The predicted molar refractivity (Wildman–Crippen MR) is 161 cm³/mol. The maximum Gasteiger partial charge on any atom is 0.304 e. The molecule has 2 saturated carbocycles. The molecule has 0 spiro atoms. The Morgan fingerprint density at radius 1 is 1.05 bits per heavy atom. The number of amides is 1. The van der Waals surface area contributed by atoms with Crippen LogP contribution in [0.5, 0.6) is 0 Å². The average Bonchev–Trinajstić information content (AvgIpc) is 3.61. The third-order valence-corrected chi connectivity index (χ3v) is 11.8. The minimum Gasteiger partial charge on any atom is -0.481 e.